The van der Waals surface area contributed by atoms with Gasteiger partial charge in [0, 0.05) is 0 Å². The van der Waals surface area contributed by atoms with Crippen molar-refractivity contribution in [2.24, 2.45) is 0 Å². The zero-order valence-electron chi connectivity index (χ0n) is 5.90. The average Bonchev–Trinajstić information content (AvgIpc) is 2.50. The molecule has 0 saturated heterocycles. The largest absolute Gasteiger partial charge is 0.463 e. The van der Waals surface area contributed by atoms with E-state index in [1.54, 1.807) is 0 Å². The number of oxazole rings is 1. The van der Waals surface area contributed by atoms with Gasteiger partial charge in [-0.15, -0.1) is 0 Å². The van der Waals surface area contributed by atoms with Crippen LogP contribution in [0.2, 0.25) is 0 Å². The monoisotopic (exact) mass is 157 g/mol. The highest BCUT2D eigenvalue weighted by molar-refractivity contribution is 5.85. The van der Waals surface area contributed by atoms with Crippen LogP contribution >= 0.6 is 0 Å². The predicted molar refractivity (Wildman–Crippen MR) is 33.8 cm³/mol. The first kappa shape index (κ1) is 7.74. The molecule has 0 aliphatic carbocycles. The van der Waals surface area contributed by atoms with Crippen LogP contribution in [0, 0.1) is 0 Å². The van der Waals surface area contributed by atoms with E-state index >= 15 is 0 Å². The Morgan fingerprint density at radius 3 is 3.09 bits per heavy atom. The number of hydrogen-bond donors (Lipinski definition) is 1. The molecule has 0 aliphatic rings. The van der Waals surface area contributed by atoms with E-state index in [9.17, 15) is 4.79 Å². The van der Waals surface area contributed by atoms with Gasteiger partial charge in [0.15, 0.2) is 0 Å². The minimum Gasteiger partial charge on any atom is -0.463 e. The zero-order chi connectivity index (χ0) is 8.27. The number of aliphatic hydroxyl groups excluding tert-OH is 1. The number of aromatic nitrogens is 1. The topological polar surface area (TPSA) is 72.6 Å². The van der Waals surface area contributed by atoms with Crippen LogP contribution in [0.1, 0.15) is 16.4 Å². The van der Waals surface area contributed by atoms with Crippen LogP contribution in [0.3, 0.4) is 0 Å². The van der Waals surface area contributed by atoms with Crippen molar-refractivity contribution < 1.29 is 19.1 Å². The lowest BCUT2D eigenvalue weighted by Gasteiger charge is -1.90. The number of methoxy groups -OCH3 is 1. The highest BCUT2D eigenvalue weighted by Gasteiger charge is 2.11. The summed E-state index contributed by atoms with van der Waals surface area (Å²) in [6.45, 7) is -0.322. The van der Waals surface area contributed by atoms with Crippen LogP contribution in [-0.2, 0) is 11.3 Å². The van der Waals surface area contributed by atoms with E-state index in [4.69, 9.17) is 9.52 Å². The number of ether oxygens (including phenoxy) is 1. The molecule has 1 N–H and O–H groups in total. The first-order valence-corrected chi connectivity index (χ1v) is 2.92. The maximum Gasteiger partial charge on any atom is 0.375 e. The highest BCUT2D eigenvalue weighted by atomic mass is 16.5. The van der Waals surface area contributed by atoms with E-state index in [0.29, 0.717) is 0 Å². The number of esters is 1. The van der Waals surface area contributed by atoms with E-state index in [0.717, 1.165) is 0 Å². The fourth-order valence-electron chi connectivity index (χ4n) is 0.578. The van der Waals surface area contributed by atoms with E-state index in [1.807, 2.05) is 0 Å². The number of aliphatic hydroxyl groups is 1. The van der Waals surface area contributed by atoms with Crippen LogP contribution in [0.5, 0.6) is 0 Å². The van der Waals surface area contributed by atoms with Crippen LogP contribution in [-0.4, -0.2) is 23.2 Å². The summed E-state index contributed by atoms with van der Waals surface area (Å²) in [5.74, 6) is -0.501. The molecule has 1 heterocycles. The molecule has 0 fully saturated rings. The predicted octanol–water partition coefficient (Wildman–Crippen LogP) is -0.0465. The quantitative estimate of drug-likeness (QED) is 0.609. The maximum atomic E-state index is 10.7. The molecule has 0 atom stereocenters. The van der Waals surface area contributed by atoms with Gasteiger partial charge < -0.3 is 14.3 Å². The second-order valence-electron chi connectivity index (χ2n) is 1.77. The van der Waals surface area contributed by atoms with E-state index in [-0.39, 0.29) is 18.3 Å². The lowest BCUT2D eigenvalue weighted by Crippen LogP contribution is -1.98. The first-order valence-electron chi connectivity index (χ1n) is 2.92. The number of rotatable bonds is 2. The number of carbonyl (C=O) groups is 1. The molecule has 1 aromatic heterocycles. The van der Waals surface area contributed by atoms with Crippen molar-refractivity contribution in [3.63, 3.8) is 0 Å². The Labute approximate surface area is 62.6 Å². The van der Waals surface area contributed by atoms with Crippen molar-refractivity contribution in [1.29, 1.82) is 0 Å². The Kier molecular flexibility index (Phi) is 2.22. The fraction of sp³-hybridized carbons (Fsp3) is 0.333. The van der Waals surface area contributed by atoms with Gasteiger partial charge in [0.2, 0.25) is 11.7 Å². The third-order valence-electron chi connectivity index (χ3n) is 1.08. The second-order valence-corrected chi connectivity index (χ2v) is 1.77. The minimum atomic E-state index is -0.600. The van der Waals surface area contributed by atoms with Crippen LogP contribution < -0.4 is 0 Å². The standard InChI is InChI=1S/C6H7NO4/c1-10-6(9)4-2-7-5(3-8)11-4/h2,8H,3H2,1H3. The van der Waals surface area contributed by atoms with Crippen molar-refractivity contribution in [1.82, 2.24) is 4.98 Å². The molecule has 0 saturated carbocycles. The molecule has 0 aliphatic heterocycles. The molecule has 0 aromatic carbocycles. The van der Waals surface area contributed by atoms with Crippen molar-refractivity contribution in [3.8, 4) is 0 Å². The summed E-state index contributed by atoms with van der Waals surface area (Å²) in [7, 11) is 1.24. The summed E-state index contributed by atoms with van der Waals surface area (Å²) < 4.78 is 9.09. The van der Waals surface area contributed by atoms with Crippen LogP contribution in [0.15, 0.2) is 10.6 Å². The van der Waals surface area contributed by atoms with Crippen LogP contribution in [0.25, 0.3) is 0 Å². The van der Waals surface area contributed by atoms with Gasteiger partial charge in [0.1, 0.15) is 6.61 Å². The van der Waals surface area contributed by atoms with Crippen molar-refractivity contribution >= 4 is 5.97 Å². The Morgan fingerprint density at radius 1 is 1.91 bits per heavy atom. The molecule has 0 bridgehead atoms. The molecule has 0 spiro atoms. The summed E-state index contributed by atoms with van der Waals surface area (Å²) in [4.78, 5) is 14.3. The normalized spacial score (nSPS) is 9.64. The smallest absolute Gasteiger partial charge is 0.375 e. The molecule has 0 unspecified atom stereocenters. The molecule has 0 radical (unpaired) electrons. The van der Waals surface area contributed by atoms with Gasteiger partial charge in [-0.2, -0.15) is 0 Å². The van der Waals surface area contributed by atoms with Gasteiger partial charge in [-0.25, -0.2) is 9.78 Å². The Morgan fingerprint density at radius 2 is 2.64 bits per heavy atom. The van der Waals surface area contributed by atoms with Crippen molar-refractivity contribution in [3.05, 3.63) is 17.8 Å². The van der Waals surface area contributed by atoms with Gasteiger partial charge in [-0.1, -0.05) is 0 Å². The minimum absolute atomic E-state index is 0.00319. The van der Waals surface area contributed by atoms with Gasteiger partial charge in [-0.3, -0.25) is 0 Å². The molecule has 1 rings (SSSR count). The molecular formula is C6H7NO4. The summed E-state index contributed by atoms with van der Waals surface area (Å²) in [6, 6.07) is 0. The van der Waals surface area contributed by atoms with Crippen LogP contribution in [0.4, 0.5) is 0 Å². The summed E-state index contributed by atoms with van der Waals surface area (Å²) in [5, 5.41) is 8.50. The summed E-state index contributed by atoms with van der Waals surface area (Å²) in [5.41, 5.74) is 0. The van der Waals surface area contributed by atoms with E-state index in [2.05, 4.69) is 9.72 Å². The molecule has 5 nitrogen and oxygen atoms in total. The van der Waals surface area contributed by atoms with E-state index < -0.39 is 5.97 Å². The maximum absolute atomic E-state index is 10.7. The molecule has 1 aromatic rings. The first-order chi connectivity index (χ1) is 5.27. The highest BCUT2D eigenvalue weighted by Crippen LogP contribution is 2.03. The number of hydrogen-bond acceptors (Lipinski definition) is 5. The lowest BCUT2D eigenvalue weighted by atomic mass is 10.5. The fourth-order valence-corrected chi connectivity index (χ4v) is 0.578. The molecule has 11 heavy (non-hydrogen) atoms. The summed E-state index contributed by atoms with van der Waals surface area (Å²) in [6.07, 6.45) is 1.21. The second kappa shape index (κ2) is 3.16. The van der Waals surface area contributed by atoms with Gasteiger partial charge in [0.25, 0.3) is 0 Å². The van der Waals surface area contributed by atoms with Gasteiger partial charge >= 0.3 is 5.97 Å². The number of nitrogens with zero attached hydrogens (tertiary/aromatic N) is 1. The third kappa shape index (κ3) is 1.56. The Hall–Kier alpha value is -1.36. The SMILES string of the molecule is COC(=O)c1cnc(CO)o1. The van der Waals surface area contributed by atoms with Gasteiger partial charge in [0.05, 0.1) is 13.3 Å². The van der Waals surface area contributed by atoms with Crippen molar-refractivity contribution in [2.45, 2.75) is 6.61 Å². The van der Waals surface area contributed by atoms with Crippen molar-refractivity contribution in [2.75, 3.05) is 7.11 Å². The molecular weight excluding hydrogens is 150 g/mol. The van der Waals surface area contributed by atoms with Gasteiger partial charge in [-0.05, 0) is 0 Å². The molecule has 60 valence electrons. The third-order valence-corrected chi connectivity index (χ3v) is 1.08. The lowest BCUT2D eigenvalue weighted by molar-refractivity contribution is 0.0560. The average molecular weight is 157 g/mol. The molecule has 5 heteroatoms. The summed E-state index contributed by atoms with van der Waals surface area (Å²) >= 11 is 0. The van der Waals surface area contributed by atoms with E-state index in [1.165, 1.54) is 13.3 Å². The Balaban J connectivity index is 2.80. The zero-order valence-corrected chi connectivity index (χ0v) is 5.90. The molecule has 0 amide bonds. The Bertz CT molecular complexity index is 255. The number of carbonyl (C=O) groups excluding carboxylic acids is 1.